The molecule has 0 saturated heterocycles. The van der Waals surface area contributed by atoms with E-state index < -0.39 is 0 Å². The van der Waals surface area contributed by atoms with E-state index in [1.165, 1.54) is 0 Å². The summed E-state index contributed by atoms with van der Waals surface area (Å²) in [5, 5.41) is 3.43. The van der Waals surface area contributed by atoms with Crippen molar-refractivity contribution in [1.29, 1.82) is 0 Å². The number of anilines is 1. The van der Waals surface area contributed by atoms with Gasteiger partial charge in [0, 0.05) is 17.7 Å². The zero-order chi connectivity index (χ0) is 14.1. The van der Waals surface area contributed by atoms with Crippen LogP contribution in [0.4, 0.5) is 10.1 Å². The highest BCUT2D eigenvalue weighted by atomic mass is 19.1. The van der Waals surface area contributed by atoms with Crippen molar-refractivity contribution < 1.29 is 9.13 Å². The Morgan fingerprint density at radius 3 is 2.90 bits per heavy atom. The van der Waals surface area contributed by atoms with Gasteiger partial charge in [-0.3, -0.25) is 0 Å². The van der Waals surface area contributed by atoms with Gasteiger partial charge in [-0.1, -0.05) is 18.2 Å². The Balaban J connectivity index is 1.90. The molecule has 1 unspecified atom stereocenters. The maximum atomic E-state index is 13.9. The number of halogens is 1. The Morgan fingerprint density at radius 2 is 2.15 bits per heavy atom. The molecule has 0 spiro atoms. The number of hydrogen-bond acceptors (Lipinski definition) is 2. The molecule has 0 fully saturated rings. The molecule has 1 N–H and O–H groups in total. The third kappa shape index (κ3) is 2.24. The van der Waals surface area contributed by atoms with Crippen LogP contribution in [-0.4, -0.2) is 6.61 Å². The van der Waals surface area contributed by atoms with Gasteiger partial charge in [0.25, 0.3) is 0 Å². The van der Waals surface area contributed by atoms with E-state index in [4.69, 9.17) is 4.74 Å². The number of ether oxygens (including phenoxy) is 1. The first kappa shape index (κ1) is 13.0. The molecule has 104 valence electrons. The number of benzene rings is 2. The molecule has 0 aromatic heterocycles. The third-order valence-electron chi connectivity index (χ3n) is 3.76. The van der Waals surface area contributed by atoms with E-state index in [2.05, 4.69) is 11.4 Å². The molecule has 0 saturated carbocycles. The molecule has 2 aromatic rings. The summed E-state index contributed by atoms with van der Waals surface area (Å²) in [6.45, 7) is 4.62. The third-order valence-corrected chi connectivity index (χ3v) is 3.76. The van der Waals surface area contributed by atoms with Gasteiger partial charge in [0.2, 0.25) is 0 Å². The highest BCUT2D eigenvalue weighted by molar-refractivity contribution is 5.63. The second-order valence-electron chi connectivity index (χ2n) is 5.12. The molecule has 1 atom stereocenters. The van der Waals surface area contributed by atoms with Crippen LogP contribution in [0.5, 0.6) is 5.75 Å². The minimum Gasteiger partial charge on any atom is -0.494 e. The monoisotopic (exact) mass is 271 g/mol. The van der Waals surface area contributed by atoms with E-state index in [1.807, 2.05) is 38.1 Å². The van der Waals surface area contributed by atoms with Crippen LogP contribution >= 0.6 is 0 Å². The topological polar surface area (TPSA) is 21.3 Å². The van der Waals surface area contributed by atoms with Crippen molar-refractivity contribution >= 4 is 5.69 Å². The Labute approximate surface area is 118 Å². The molecule has 0 amide bonds. The van der Waals surface area contributed by atoms with Crippen LogP contribution in [0.25, 0.3) is 0 Å². The minimum atomic E-state index is -0.124. The fourth-order valence-corrected chi connectivity index (χ4v) is 2.76. The Bertz CT molecular complexity index is 608. The first-order valence-corrected chi connectivity index (χ1v) is 6.96. The SMILES string of the molecule is CCOc1cccc(C2Cc3c(F)ccc(C)c3N2)c1. The van der Waals surface area contributed by atoms with Crippen molar-refractivity contribution in [3.05, 3.63) is 58.9 Å². The lowest BCUT2D eigenvalue weighted by atomic mass is 10.0. The molecule has 2 nitrogen and oxygen atoms in total. The molecule has 3 rings (SSSR count). The van der Waals surface area contributed by atoms with E-state index in [-0.39, 0.29) is 11.9 Å². The second kappa shape index (κ2) is 5.16. The van der Waals surface area contributed by atoms with E-state index in [9.17, 15) is 4.39 Å². The maximum absolute atomic E-state index is 13.9. The number of fused-ring (bicyclic) bond motifs is 1. The zero-order valence-electron chi connectivity index (χ0n) is 11.7. The highest BCUT2D eigenvalue weighted by Crippen LogP contribution is 2.38. The molecular formula is C17H18FNO. The summed E-state index contributed by atoms with van der Waals surface area (Å²) in [5.41, 5.74) is 3.95. The van der Waals surface area contributed by atoms with Gasteiger partial charge in [0.05, 0.1) is 12.6 Å². The molecule has 1 aliphatic heterocycles. The summed E-state index contributed by atoms with van der Waals surface area (Å²) in [4.78, 5) is 0. The van der Waals surface area contributed by atoms with Gasteiger partial charge in [-0.05, 0) is 43.2 Å². The molecule has 2 aromatic carbocycles. The minimum absolute atomic E-state index is 0.112. The average molecular weight is 271 g/mol. The van der Waals surface area contributed by atoms with E-state index in [1.54, 1.807) is 6.07 Å². The summed E-state index contributed by atoms with van der Waals surface area (Å²) in [5.74, 6) is 0.738. The summed E-state index contributed by atoms with van der Waals surface area (Å²) in [6.07, 6.45) is 0.679. The van der Waals surface area contributed by atoms with Gasteiger partial charge in [-0.15, -0.1) is 0 Å². The summed E-state index contributed by atoms with van der Waals surface area (Å²) in [7, 11) is 0. The van der Waals surface area contributed by atoms with Crippen LogP contribution in [0.2, 0.25) is 0 Å². The lowest BCUT2D eigenvalue weighted by Crippen LogP contribution is -2.06. The van der Waals surface area contributed by atoms with Crippen LogP contribution in [0.15, 0.2) is 36.4 Å². The van der Waals surface area contributed by atoms with Gasteiger partial charge >= 0.3 is 0 Å². The van der Waals surface area contributed by atoms with Gasteiger partial charge in [0.15, 0.2) is 0 Å². The first-order valence-electron chi connectivity index (χ1n) is 6.96. The van der Waals surface area contributed by atoms with E-state index in [0.29, 0.717) is 13.0 Å². The van der Waals surface area contributed by atoms with Crippen LogP contribution in [0.1, 0.15) is 29.7 Å². The molecule has 0 radical (unpaired) electrons. The largest absolute Gasteiger partial charge is 0.494 e. The summed E-state index contributed by atoms with van der Waals surface area (Å²) >= 11 is 0. The number of aryl methyl sites for hydroxylation is 1. The zero-order valence-corrected chi connectivity index (χ0v) is 11.7. The number of nitrogens with one attached hydrogen (secondary N) is 1. The standard InChI is InChI=1S/C17H18FNO/c1-3-20-13-6-4-5-12(9-13)16-10-14-15(18)8-7-11(2)17(14)19-16/h4-9,16,19H,3,10H2,1-2H3. The predicted molar refractivity (Wildman–Crippen MR) is 78.8 cm³/mol. The van der Waals surface area contributed by atoms with Crippen LogP contribution in [-0.2, 0) is 6.42 Å². The highest BCUT2D eigenvalue weighted by Gasteiger charge is 2.26. The summed E-state index contributed by atoms with van der Waals surface area (Å²) < 4.78 is 19.4. The van der Waals surface area contributed by atoms with Gasteiger partial charge < -0.3 is 10.1 Å². The predicted octanol–water partition coefficient (Wildman–Crippen LogP) is 4.24. The Kier molecular flexibility index (Phi) is 3.35. The Morgan fingerprint density at radius 1 is 1.30 bits per heavy atom. The van der Waals surface area contributed by atoms with Gasteiger partial charge in [-0.25, -0.2) is 4.39 Å². The van der Waals surface area contributed by atoms with Crippen molar-refractivity contribution in [3.63, 3.8) is 0 Å². The average Bonchev–Trinajstić information content (AvgIpc) is 2.90. The molecule has 0 bridgehead atoms. The fourth-order valence-electron chi connectivity index (χ4n) is 2.76. The normalized spacial score (nSPS) is 16.6. The van der Waals surface area contributed by atoms with Gasteiger partial charge in [-0.2, -0.15) is 0 Å². The second-order valence-corrected chi connectivity index (χ2v) is 5.12. The molecule has 3 heteroatoms. The van der Waals surface area contributed by atoms with Crippen molar-refractivity contribution in [2.75, 3.05) is 11.9 Å². The summed E-state index contributed by atoms with van der Waals surface area (Å²) in [6, 6.07) is 11.5. The molecule has 0 aliphatic carbocycles. The van der Waals surface area contributed by atoms with Crippen molar-refractivity contribution in [3.8, 4) is 5.75 Å². The lowest BCUT2D eigenvalue weighted by molar-refractivity contribution is 0.339. The van der Waals surface area contributed by atoms with Crippen LogP contribution < -0.4 is 10.1 Å². The quantitative estimate of drug-likeness (QED) is 0.901. The molecular weight excluding hydrogens is 253 g/mol. The van der Waals surface area contributed by atoms with E-state index >= 15 is 0 Å². The van der Waals surface area contributed by atoms with Crippen molar-refractivity contribution in [2.24, 2.45) is 0 Å². The van der Waals surface area contributed by atoms with Crippen molar-refractivity contribution in [1.82, 2.24) is 0 Å². The smallest absolute Gasteiger partial charge is 0.128 e. The van der Waals surface area contributed by atoms with Crippen molar-refractivity contribution in [2.45, 2.75) is 26.3 Å². The fraction of sp³-hybridized carbons (Fsp3) is 0.294. The molecule has 20 heavy (non-hydrogen) atoms. The molecule has 1 heterocycles. The van der Waals surface area contributed by atoms with Crippen LogP contribution in [0, 0.1) is 12.7 Å². The number of hydrogen-bond donors (Lipinski definition) is 1. The number of rotatable bonds is 3. The van der Waals surface area contributed by atoms with E-state index in [0.717, 1.165) is 28.1 Å². The van der Waals surface area contributed by atoms with Gasteiger partial charge in [0.1, 0.15) is 11.6 Å². The lowest BCUT2D eigenvalue weighted by Gasteiger charge is -2.13. The first-order chi connectivity index (χ1) is 9.69. The maximum Gasteiger partial charge on any atom is 0.128 e. The van der Waals surface area contributed by atoms with Crippen LogP contribution in [0.3, 0.4) is 0 Å². The molecule has 1 aliphatic rings. The Hall–Kier alpha value is -2.03.